The van der Waals surface area contributed by atoms with Crippen LogP contribution in [0, 0.1) is 0 Å². The fourth-order valence-corrected chi connectivity index (χ4v) is 3.47. The predicted molar refractivity (Wildman–Crippen MR) is 120 cm³/mol. The van der Waals surface area contributed by atoms with Crippen LogP contribution in [-0.2, 0) is 14.8 Å². The van der Waals surface area contributed by atoms with E-state index in [1.165, 1.54) is 11.4 Å². The first kappa shape index (κ1) is 24.3. The zero-order valence-electron chi connectivity index (χ0n) is 18.7. The Morgan fingerprint density at radius 1 is 1.06 bits per heavy atom. The van der Waals surface area contributed by atoms with E-state index in [-0.39, 0.29) is 11.9 Å². The second-order valence-corrected chi connectivity index (χ2v) is 9.08. The summed E-state index contributed by atoms with van der Waals surface area (Å²) in [6.45, 7) is 3.64. The number of amides is 1. The van der Waals surface area contributed by atoms with Gasteiger partial charge in [-0.1, -0.05) is 13.0 Å². The molecule has 9 heteroatoms. The van der Waals surface area contributed by atoms with Crippen LogP contribution in [-0.4, -0.2) is 48.0 Å². The molecule has 0 aliphatic carbocycles. The molecule has 0 fully saturated rings. The van der Waals surface area contributed by atoms with Crippen LogP contribution in [0.1, 0.15) is 31.9 Å². The second kappa shape index (κ2) is 10.4. The van der Waals surface area contributed by atoms with Crippen molar-refractivity contribution in [1.29, 1.82) is 0 Å². The number of carbonyl (C=O) groups is 1. The first-order valence-corrected chi connectivity index (χ1v) is 11.7. The highest BCUT2D eigenvalue weighted by atomic mass is 32.2. The van der Waals surface area contributed by atoms with Crippen molar-refractivity contribution in [2.45, 2.75) is 32.4 Å². The van der Waals surface area contributed by atoms with Crippen LogP contribution < -0.4 is 23.8 Å². The fraction of sp³-hybridized carbons (Fsp3) is 0.409. The maximum absolute atomic E-state index is 12.7. The summed E-state index contributed by atoms with van der Waals surface area (Å²) in [7, 11) is 1.26. The number of carbonyl (C=O) groups excluding carboxylic acids is 1. The summed E-state index contributed by atoms with van der Waals surface area (Å²) in [5.74, 6) is 1.41. The molecule has 31 heavy (non-hydrogen) atoms. The molecular formula is C22H30N2O6S. The largest absolute Gasteiger partial charge is 0.493 e. The van der Waals surface area contributed by atoms with Gasteiger partial charge in [0.2, 0.25) is 10.0 Å². The molecule has 2 rings (SSSR count). The average molecular weight is 451 g/mol. The highest BCUT2D eigenvalue weighted by Crippen LogP contribution is 2.31. The lowest BCUT2D eigenvalue weighted by Crippen LogP contribution is -2.38. The molecule has 0 aromatic heterocycles. The van der Waals surface area contributed by atoms with E-state index in [4.69, 9.17) is 14.2 Å². The van der Waals surface area contributed by atoms with Gasteiger partial charge in [0.15, 0.2) is 17.6 Å². The third kappa shape index (κ3) is 6.27. The van der Waals surface area contributed by atoms with Gasteiger partial charge in [-0.3, -0.25) is 9.10 Å². The summed E-state index contributed by atoms with van der Waals surface area (Å²) >= 11 is 0. The predicted octanol–water partition coefficient (Wildman–Crippen LogP) is 3.13. The molecular weight excluding hydrogens is 420 g/mol. The van der Waals surface area contributed by atoms with Gasteiger partial charge in [0.25, 0.3) is 5.91 Å². The molecule has 2 aromatic rings. The fourth-order valence-electron chi connectivity index (χ4n) is 2.96. The molecule has 8 nitrogen and oxygen atoms in total. The minimum Gasteiger partial charge on any atom is -0.493 e. The van der Waals surface area contributed by atoms with Crippen molar-refractivity contribution in [3.63, 3.8) is 0 Å². The molecule has 0 saturated carbocycles. The van der Waals surface area contributed by atoms with E-state index in [9.17, 15) is 13.2 Å². The zero-order chi connectivity index (χ0) is 23.2. The number of benzene rings is 2. The minimum atomic E-state index is -3.35. The number of hydrogen-bond acceptors (Lipinski definition) is 6. The number of methoxy groups -OCH3 is 2. The van der Waals surface area contributed by atoms with Gasteiger partial charge in [-0.15, -0.1) is 0 Å². The van der Waals surface area contributed by atoms with Gasteiger partial charge >= 0.3 is 0 Å². The molecule has 1 N–H and O–H groups in total. The summed E-state index contributed by atoms with van der Waals surface area (Å²) in [6, 6.07) is 11.8. The average Bonchev–Trinajstić information content (AvgIpc) is 2.76. The van der Waals surface area contributed by atoms with Gasteiger partial charge < -0.3 is 19.5 Å². The summed E-state index contributed by atoms with van der Waals surface area (Å²) in [6.07, 6.45) is 1.07. The summed E-state index contributed by atoms with van der Waals surface area (Å²) in [4.78, 5) is 12.7. The lowest BCUT2D eigenvalue weighted by molar-refractivity contribution is -0.128. The van der Waals surface area contributed by atoms with Crippen molar-refractivity contribution in [2.24, 2.45) is 0 Å². The van der Waals surface area contributed by atoms with Gasteiger partial charge in [0.05, 0.1) is 32.2 Å². The van der Waals surface area contributed by atoms with Gasteiger partial charge in [-0.05, 0) is 55.3 Å². The van der Waals surface area contributed by atoms with Gasteiger partial charge in [0, 0.05) is 7.05 Å². The molecule has 1 amide bonds. The Morgan fingerprint density at radius 2 is 1.68 bits per heavy atom. The van der Waals surface area contributed by atoms with Crippen molar-refractivity contribution >= 4 is 21.6 Å². The van der Waals surface area contributed by atoms with Crippen molar-refractivity contribution in [3.8, 4) is 17.2 Å². The molecule has 2 atom stereocenters. The number of anilines is 1. The van der Waals surface area contributed by atoms with Crippen LogP contribution in [0.4, 0.5) is 5.69 Å². The molecule has 0 unspecified atom stereocenters. The van der Waals surface area contributed by atoms with Crippen LogP contribution in [0.3, 0.4) is 0 Å². The monoisotopic (exact) mass is 450 g/mol. The number of hydrogen-bond donors (Lipinski definition) is 1. The van der Waals surface area contributed by atoms with Crippen molar-refractivity contribution in [3.05, 3.63) is 48.0 Å². The summed E-state index contributed by atoms with van der Waals surface area (Å²) < 4.78 is 40.8. The van der Waals surface area contributed by atoms with Gasteiger partial charge in [-0.25, -0.2) is 8.42 Å². The van der Waals surface area contributed by atoms with E-state index in [1.807, 2.05) is 19.1 Å². The maximum atomic E-state index is 12.7. The molecule has 0 aliphatic rings. The lowest BCUT2D eigenvalue weighted by atomic mass is 10.0. The number of nitrogens with zero attached hydrogens (tertiary/aromatic N) is 1. The Balaban J connectivity index is 2.05. The molecule has 170 valence electrons. The van der Waals surface area contributed by atoms with Gasteiger partial charge in [-0.2, -0.15) is 0 Å². The van der Waals surface area contributed by atoms with Crippen LogP contribution >= 0.6 is 0 Å². The third-order valence-corrected chi connectivity index (χ3v) is 6.12. The van der Waals surface area contributed by atoms with Crippen LogP contribution in [0.15, 0.2) is 42.5 Å². The highest BCUT2D eigenvalue weighted by Gasteiger charge is 2.21. The van der Waals surface area contributed by atoms with Crippen molar-refractivity contribution < 1.29 is 27.4 Å². The number of rotatable bonds is 10. The van der Waals surface area contributed by atoms with Gasteiger partial charge in [0.1, 0.15) is 5.75 Å². The molecule has 0 saturated heterocycles. The first-order chi connectivity index (χ1) is 14.6. The summed E-state index contributed by atoms with van der Waals surface area (Å²) in [5.41, 5.74) is 1.40. The molecule has 0 heterocycles. The second-order valence-electron chi connectivity index (χ2n) is 7.07. The maximum Gasteiger partial charge on any atom is 0.261 e. The molecule has 0 aliphatic heterocycles. The zero-order valence-corrected chi connectivity index (χ0v) is 19.5. The van der Waals surface area contributed by atoms with E-state index >= 15 is 0 Å². The van der Waals surface area contributed by atoms with E-state index in [2.05, 4.69) is 5.32 Å². The van der Waals surface area contributed by atoms with Crippen LogP contribution in [0.25, 0.3) is 0 Å². The standard InChI is InChI=1S/C22H30N2O6S/c1-7-19(16-8-13-20(28-4)21(14-16)29-5)23-22(25)15(2)30-18-11-9-17(10-12-18)24(3)31(6,26)27/h8-15,19H,7H2,1-6H3,(H,23,25)/t15-,19-/m1/s1. The SMILES string of the molecule is CC[C@@H](NC(=O)[C@@H](C)Oc1ccc(N(C)S(C)(=O)=O)cc1)c1ccc(OC)c(OC)c1. The Hall–Kier alpha value is -2.94. The first-order valence-electron chi connectivity index (χ1n) is 9.83. The lowest BCUT2D eigenvalue weighted by Gasteiger charge is -2.22. The van der Waals surface area contributed by atoms with E-state index in [1.54, 1.807) is 51.5 Å². The number of ether oxygens (including phenoxy) is 3. The number of nitrogens with one attached hydrogen (secondary N) is 1. The van der Waals surface area contributed by atoms with Crippen LogP contribution in [0.5, 0.6) is 17.2 Å². The number of sulfonamides is 1. The smallest absolute Gasteiger partial charge is 0.261 e. The Labute approximate surface area is 184 Å². The Kier molecular flexibility index (Phi) is 8.15. The molecule has 0 radical (unpaired) electrons. The Morgan fingerprint density at radius 3 is 2.19 bits per heavy atom. The normalized spacial score (nSPS) is 13.1. The Bertz CT molecular complexity index is 992. The topological polar surface area (TPSA) is 94.2 Å². The molecule has 0 spiro atoms. The summed E-state index contributed by atoms with van der Waals surface area (Å²) in [5, 5.41) is 2.99. The van der Waals surface area contributed by atoms with Crippen molar-refractivity contribution in [1.82, 2.24) is 5.32 Å². The van der Waals surface area contributed by atoms with Crippen molar-refractivity contribution in [2.75, 3.05) is 31.8 Å². The van der Waals surface area contributed by atoms with E-state index in [0.29, 0.717) is 29.4 Å². The van der Waals surface area contributed by atoms with Crippen LogP contribution in [0.2, 0.25) is 0 Å². The highest BCUT2D eigenvalue weighted by molar-refractivity contribution is 7.92. The molecule has 0 bridgehead atoms. The minimum absolute atomic E-state index is 0.218. The molecule has 2 aromatic carbocycles. The van der Waals surface area contributed by atoms with E-state index < -0.39 is 16.1 Å². The quantitative estimate of drug-likeness (QED) is 0.598. The third-order valence-electron chi connectivity index (χ3n) is 4.91. The van der Waals surface area contributed by atoms with E-state index in [0.717, 1.165) is 11.8 Å².